The van der Waals surface area contributed by atoms with Crippen LogP contribution in [0, 0.1) is 11.6 Å². The molecule has 2 N–H and O–H groups in total. The van der Waals surface area contributed by atoms with Gasteiger partial charge in [0.1, 0.15) is 11.6 Å². The van der Waals surface area contributed by atoms with Gasteiger partial charge in [-0.25, -0.2) is 8.78 Å². The van der Waals surface area contributed by atoms with Crippen LogP contribution >= 0.6 is 11.3 Å². The minimum absolute atomic E-state index is 0.0231. The summed E-state index contributed by atoms with van der Waals surface area (Å²) in [5.41, 5.74) is 1.09. The Balaban J connectivity index is 1.97. The maximum absolute atomic E-state index is 13.5. The van der Waals surface area contributed by atoms with E-state index in [0.717, 1.165) is 23.8 Å². The molecule has 2 rings (SSSR count). The zero-order chi connectivity index (χ0) is 13.8. The Morgan fingerprint density at radius 2 is 2.11 bits per heavy atom. The summed E-state index contributed by atoms with van der Waals surface area (Å²) in [6.07, 6.45) is -1.07. The maximum Gasteiger partial charge on any atom is 0.129 e. The Morgan fingerprint density at radius 1 is 1.32 bits per heavy atom. The third kappa shape index (κ3) is 3.59. The highest BCUT2D eigenvalue weighted by Gasteiger charge is 2.15. The first-order chi connectivity index (χ1) is 9.08. The number of aliphatic hydroxyl groups is 1. The Bertz CT molecular complexity index is 530. The molecule has 2 unspecified atom stereocenters. The molecule has 2 atom stereocenters. The van der Waals surface area contributed by atoms with E-state index in [0.29, 0.717) is 0 Å². The Kier molecular flexibility index (Phi) is 4.63. The monoisotopic (exact) mass is 283 g/mol. The van der Waals surface area contributed by atoms with Crippen molar-refractivity contribution in [3.63, 3.8) is 0 Å². The van der Waals surface area contributed by atoms with Crippen molar-refractivity contribution in [2.24, 2.45) is 0 Å². The summed E-state index contributed by atoms with van der Waals surface area (Å²) >= 11 is 1.59. The fraction of sp³-hybridized carbons (Fsp3) is 0.286. The minimum Gasteiger partial charge on any atom is -0.387 e. The van der Waals surface area contributed by atoms with Gasteiger partial charge in [0.15, 0.2) is 0 Å². The van der Waals surface area contributed by atoms with E-state index in [-0.39, 0.29) is 18.2 Å². The van der Waals surface area contributed by atoms with E-state index in [9.17, 15) is 13.9 Å². The first kappa shape index (κ1) is 14.1. The van der Waals surface area contributed by atoms with Crippen molar-refractivity contribution in [2.45, 2.75) is 19.1 Å². The molecule has 0 spiro atoms. The molecule has 0 saturated heterocycles. The predicted molar refractivity (Wildman–Crippen MR) is 72.1 cm³/mol. The molecule has 0 aliphatic carbocycles. The van der Waals surface area contributed by atoms with Crippen LogP contribution in [0.5, 0.6) is 0 Å². The molecule has 0 aliphatic heterocycles. The molecule has 1 aromatic heterocycles. The van der Waals surface area contributed by atoms with Gasteiger partial charge in [-0.05, 0) is 47.5 Å². The Hall–Kier alpha value is -1.30. The van der Waals surface area contributed by atoms with Crippen molar-refractivity contribution in [2.75, 3.05) is 6.54 Å². The molecule has 1 heterocycles. The summed E-state index contributed by atoms with van der Waals surface area (Å²) < 4.78 is 26.5. The van der Waals surface area contributed by atoms with Gasteiger partial charge in [0.2, 0.25) is 0 Å². The van der Waals surface area contributed by atoms with E-state index in [1.807, 2.05) is 23.8 Å². The second-order valence-electron chi connectivity index (χ2n) is 4.37. The summed E-state index contributed by atoms with van der Waals surface area (Å²) in [6, 6.07) is 5.12. The zero-order valence-electron chi connectivity index (χ0n) is 10.4. The molecule has 2 nitrogen and oxygen atoms in total. The highest BCUT2D eigenvalue weighted by molar-refractivity contribution is 7.07. The molecule has 19 heavy (non-hydrogen) atoms. The van der Waals surface area contributed by atoms with Gasteiger partial charge in [-0.2, -0.15) is 11.3 Å². The second kappa shape index (κ2) is 6.23. The molecular weight excluding hydrogens is 268 g/mol. The van der Waals surface area contributed by atoms with Crippen LogP contribution in [0.3, 0.4) is 0 Å². The third-order valence-electron chi connectivity index (χ3n) is 2.98. The molecule has 0 aliphatic rings. The highest BCUT2D eigenvalue weighted by atomic mass is 32.1. The zero-order valence-corrected chi connectivity index (χ0v) is 11.3. The summed E-state index contributed by atoms with van der Waals surface area (Å²) in [6.45, 7) is 2.12. The number of hydrogen-bond donors (Lipinski definition) is 2. The van der Waals surface area contributed by atoms with Gasteiger partial charge in [-0.1, -0.05) is 0 Å². The van der Waals surface area contributed by atoms with Crippen molar-refractivity contribution < 1.29 is 13.9 Å². The number of hydrogen-bond acceptors (Lipinski definition) is 3. The highest BCUT2D eigenvalue weighted by Crippen LogP contribution is 2.20. The van der Waals surface area contributed by atoms with Crippen molar-refractivity contribution >= 4 is 11.3 Å². The molecular formula is C14H15F2NOS. The summed E-state index contributed by atoms with van der Waals surface area (Å²) in [5.74, 6) is -1.15. The standard InChI is InChI=1S/C14H15F2NOS/c1-9(10-4-5-19-8-10)17-7-14(18)12-6-11(15)2-3-13(12)16/h2-6,8-9,14,17-18H,7H2,1H3. The van der Waals surface area contributed by atoms with Crippen LogP contribution < -0.4 is 5.32 Å². The Labute approximate surface area is 114 Å². The number of rotatable bonds is 5. The van der Waals surface area contributed by atoms with Crippen LogP contribution in [0.25, 0.3) is 0 Å². The number of aliphatic hydroxyl groups excluding tert-OH is 1. The largest absolute Gasteiger partial charge is 0.387 e. The van der Waals surface area contributed by atoms with Crippen molar-refractivity contribution in [1.29, 1.82) is 0 Å². The summed E-state index contributed by atoms with van der Waals surface area (Å²) in [5, 5.41) is 17.0. The second-order valence-corrected chi connectivity index (χ2v) is 5.15. The van der Waals surface area contributed by atoms with Crippen LogP contribution in [-0.4, -0.2) is 11.7 Å². The van der Waals surface area contributed by atoms with Crippen LogP contribution in [-0.2, 0) is 0 Å². The van der Waals surface area contributed by atoms with E-state index in [2.05, 4.69) is 5.32 Å². The molecule has 0 radical (unpaired) electrons. The van der Waals surface area contributed by atoms with Crippen molar-refractivity contribution in [3.05, 3.63) is 57.8 Å². The molecule has 0 amide bonds. The molecule has 2 aromatic rings. The first-order valence-corrected chi connectivity index (χ1v) is 6.90. The van der Waals surface area contributed by atoms with Gasteiger partial charge in [-0.3, -0.25) is 0 Å². The average Bonchev–Trinajstić information content (AvgIpc) is 2.92. The lowest BCUT2D eigenvalue weighted by molar-refractivity contribution is 0.166. The van der Waals surface area contributed by atoms with E-state index in [1.54, 1.807) is 11.3 Å². The lowest BCUT2D eigenvalue weighted by atomic mass is 10.1. The number of halogens is 2. The molecule has 0 fully saturated rings. The third-order valence-corrected chi connectivity index (χ3v) is 3.68. The lowest BCUT2D eigenvalue weighted by Gasteiger charge is -2.17. The van der Waals surface area contributed by atoms with Crippen LogP contribution in [0.4, 0.5) is 8.78 Å². The van der Waals surface area contributed by atoms with E-state index in [4.69, 9.17) is 0 Å². The normalized spacial score (nSPS) is 14.3. The van der Waals surface area contributed by atoms with Gasteiger partial charge in [0, 0.05) is 18.2 Å². The van der Waals surface area contributed by atoms with Gasteiger partial charge >= 0.3 is 0 Å². The topological polar surface area (TPSA) is 32.3 Å². The van der Waals surface area contributed by atoms with Crippen molar-refractivity contribution in [1.82, 2.24) is 5.32 Å². The molecule has 0 saturated carbocycles. The summed E-state index contributed by atoms with van der Waals surface area (Å²) in [7, 11) is 0. The van der Waals surface area contributed by atoms with Crippen LogP contribution in [0.1, 0.15) is 30.2 Å². The van der Waals surface area contributed by atoms with Crippen LogP contribution in [0.15, 0.2) is 35.0 Å². The molecule has 102 valence electrons. The maximum atomic E-state index is 13.5. The smallest absolute Gasteiger partial charge is 0.129 e. The van der Waals surface area contributed by atoms with Crippen LogP contribution in [0.2, 0.25) is 0 Å². The predicted octanol–water partition coefficient (Wildman–Crippen LogP) is 3.41. The Morgan fingerprint density at radius 3 is 2.79 bits per heavy atom. The molecule has 0 bridgehead atoms. The van der Waals surface area contributed by atoms with Gasteiger partial charge in [0.05, 0.1) is 6.10 Å². The number of thiophene rings is 1. The number of nitrogens with one attached hydrogen (secondary N) is 1. The SMILES string of the molecule is CC(NCC(O)c1cc(F)ccc1F)c1ccsc1. The quantitative estimate of drug-likeness (QED) is 0.881. The minimum atomic E-state index is -1.07. The van der Waals surface area contributed by atoms with E-state index < -0.39 is 17.7 Å². The van der Waals surface area contributed by atoms with Gasteiger partial charge in [-0.15, -0.1) is 0 Å². The first-order valence-electron chi connectivity index (χ1n) is 5.96. The van der Waals surface area contributed by atoms with Gasteiger partial charge < -0.3 is 10.4 Å². The fourth-order valence-corrected chi connectivity index (χ4v) is 2.56. The van der Waals surface area contributed by atoms with E-state index in [1.165, 1.54) is 0 Å². The molecule has 1 aromatic carbocycles. The lowest BCUT2D eigenvalue weighted by Crippen LogP contribution is -2.25. The average molecular weight is 283 g/mol. The summed E-state index contributed by atoms with van der Waals surface area (Å²) in [4.78, 5) is 0. The number of benzene rings is 1. The molecule has 5 heteroatoms. The van der Waals surface area contributed by atoms with E-state index >= 15 is 0 Å². The van der Waals surface area contributed by atoms with Crippen molar-refractivity contribution in [3.8, 4) is 0 Å². The fourth-order valence-electron chi connectivity index (χ4n) is 1.81. The van der Waals surface area contributed by atoms with Gasteiger partial charge in [0.25, 0.3) is 0 Å².